The summed E-state index contributed by atoms with van der Waals surface area (Å²) in [5.74, 6) is 0.252. The average molecular weight is 311 g/mol. The van der Waals surface area contributed by atoms with E-state index in [0.29, 0.717) is 5.75 Å². The number of hydrogen-bond donors (Lipinski definition) is 0. The molecule has 1 aromatic heterocycles. The van der Waals surface area contributed by atoms with Gasteiger partial charge in [0.15, 0.2) is 5.78 Å². The molecular weight excluding hydrogens is 293 g/mol. The number of carbonyl (C=O) groups is 1. The lowest BCUT2D eigenvalue weighted by Gasteiger charge is -2.12. The van der Waals surface area contributed by atoms with Gasteiger partial charge in [-0.25, -0.2) is 0 Å². The van der Waals surface area contributed by atoms with E-state index < -0.39 is 7.60 Å². The summed E-state index contributed by atoms with van der Waals surface area (Å²) in [5.41, 5.74) is 1.08. The predicted molar refractivity (Wildman–Crippen MR) is 79.9 cm³/mol. The van der Waals surface area contributed by atoms with Gasteiger partial charge in [-0.05, 0) is 24.3 Å². The van der Waals surface area contributed by atoms with E-state index in [-0.39, 0.29) is 18.6 Å². The molecular formula is C14H18NO5P. The molecule has 0 aliphatic carbocycles. The molecule has 0 bridgehead atoms. The summed E-state index contributed by atoms with van der Waals surface area (Å²) in [6.07, 6.45) is 1.65. The van der Waals surface area contributed by atoms with Crippen LogP contribution in [0.4, 0.5) is 0 Å². The Morgan fingerprint density at radius 3 is 2.62 bits per heavy atom. The number of benzene rings is 1. The van der Waals surface area contributed by atoms with Crippen molar-refractivity contribution in [3.63, 3.8) is 0 Å². The van der Waals surface area contributed by atoms with Crippen LogP contribution in [0.3, 0.4) is 0 Å². The topological polar surface area (TPSA) is 66.8 Å². The molecule has 0 saturated carbocycles. The quantitative estimate of drug-likeness (QED) is 0.735. The molecule has 1 aromatic carbocycles. The number of fused-ring (bicyclic) bond motifs is 1. The Kier molecular flexibility index (Phi) is 4.83. The highest BCUT2D eigenvalue weighted by Crippen LogP contribution is 2.45. The lowest BCUT2D eigenvalue weighted by Crippen LogP contribution is -2.16. The van der Waals surface area contributed by atoms with Crippen molar-refractivity contribution in [2.24, 2.45) is 7.05 Å². The molecule has 0 unspecified atom stereocenters. The number of hydrogen-bond acceptors (Lipinski definition) is 5. The molecule has 0 aliphatic heterocycles. The first-order valence-electron chi connectivity index (χ1n) is 6.37. The van der Waals surface area contributed by atoms with E-state index in [1.54, 1.807) is 6.07 Å². The van der Waals surface area contributed by atoms with E-state index in [1.165, 1.54) is 14.2 Å². The second-order valence-corrected chi connectivity index (χ2v) is 6.88. The van der Waals surface area contributed by atoms with Crippen molar-refractivity contribution in [2.45, 2.75) is 0 Å². The van der Waals surface area contributed by atoms with Crippen molar-refractivity contribution in [3.05, 3.63) is 30.5 Å². The summed E-state index contributed by atoms with van der Waals surface area (Å²) in [7, 11) is 1.13. The minimum Gasteiger partial charge on any atom is -0.486 e. The fraction of sp³-hybridized carbons (Fsp3) is 0.357. The largest absolute Gasteiger partial charge is 0.486 e. The average Bonchev–Trinajstić information content (AvgIpc) is 2.86. The molecule has 1 heterocycles. The van der Waals surface area contributed by atoms with Gasteiger partial charge >= 0.3 is 7.60 Å². The molecule has 0 atom stereocenters. The van der Waals surface area contributed by atoms with Crippen LogP contribution in [-0.2, 0) is 25.5 Å². The van der Waals surface area contributed by atoms with Gasteiger partial charge in [0.1, 0.15) is 18.5 Å². The molecule has 2 rings (SSSR count). The summed E-state index contributed by atoms with van der Waals surface area (Å²) < 4.78 is 28.7. The predicted octanol–water partition coefficient (Wildman–Crippen LogP) is 2.61. The van der Waals surface area contributed by atoms with E-state index in [0.717, 1.165) is 10.9 Å². The molecule has 0 spiro atoms. The summed E-state index contributed by atoms with van der Waals surface area (Å²) in [6, 6.07) is 7.54. The number of aryl methyl sites for hydroxylation is 1. The number of ketones is 1. The summed E-state index contributed by atoms with van der Waals surface area (Å²) in [6.45, 7) is -0.172. The maximum absolute atomic E-state index is 11.8. The van der Waals surface area contributed by atoms with Crippen LogP contribution in [0.1, 0.15) is 0 Å². The van der Waals surface area contributed by atoms with E-state index in [1.807, 2.05) is 36.0 Å². The fourth-order valence-electron chi connectivity index (χ4n) is 1.98. The number of Topliss-reactive ketones (excluding diaryl/α,β-unsaturated/α-hetero) is 1. The fourth-order valence-corrected chi connectivity index (χ4v) is 2.91. The van der Waals surface area contributed by atoms with Gasteiger partial charge < -0.3 is 18.4 Å². The molecule has 7 heteroatoms. The van der Waals surface area contributed by atoms with Gasteiger partial charge in [-0.3, -0.25) is 9.36 Å². The van der Waals surface area contributed by atoms with Crippen LogP contribution >= 0.6 is 7.60 Å². The first-order chi connectivity index (χ1) is 9.97. The Morgan fingerprint density at radius 1 is 1.24 bits per heavy atom. The minimum absolute atomic E-state index is 0.172. The number of rotatable bonds is 7. The molecule has 0 saturated heterocycles. The van der Waals surface area contributed by atoms with Crippen LogP contribution in [-0.4, -0.2) is 37.3 Å². The molecule has 0 fully saturated rings. The number of nitrogens with zero attached hydrogens (tertiary/aromatic N) is 1. The van der Waals surface area contributed by atoms with Crippen LogP contribution in [0.15, 0.2) is 30.5 Å². The zero-order valence-corrected chi connectivity index (χ0v) is 13.1. The van der Waals surface area contributed by atoms with Crippen LogP contribution in [0.5, 0.6) is 5.75 Å². The zero-order chi connectivity index (χ0) is 15.5. The van der Waals surface area contributed by atoms with E-state index in [2.05, 4.69) is 0 Å². The van der Waals surface area contributed by atoms with Crippen molar-refractivity contribution < 1.29 is 23.1 Å². The van der Waals surface area contributed by atoms with Gasteiger partial charge in [-0.2, -0.15) is 0 Å². The van der Waals surface area contributed by atoms with Crippen molar-refractivity contribution in [1.82, 2.24) is 4.57 Å². The van der Waals surface area contributed by atoms with Crippen molar-refractivity contribution in [3.8, 4) is 5.75 Å². The molecule has 21 heavy (non-hydrogen) atoms. The van der Waals surface area contributed by atoms with Crippen LogP contribution in [0.25, 0.3) is 10.9 Å². The smallest absolute Gasteiger partial charge is 0.337 e. The number of aromatic nitrogens is 1. The zero-order valence-electron chi connectivity index (χ0n) is 12.2. The highest BCUT2D eigenvalue weighted by atomic mass is 31.2. The molecule has 0 aliphatic rings. The standard InChI is InChI=1S/C14H18NO5P/c1-15-7-6-11-8-13(4-5-14(11)15)20-9-12(16)10-21(17,18-2)19-3/h4-8H,9-10H2,1-3H3. The van der Waals surface area contributed by atoms with E-state index >= 15 is 0 Å². The van der Waals surface area contributed by atoms with Gasteiger partial charge in [-0.1, -0.05) is 0 Å². The molecule has 2 aromatic rings. The number of ether oxygens (including phenoxy) is 1. The third-order valence-corrected chi connectivity index (χ3v) is 5.04. The molecule has 114 valence electrons. The summed E-state index contributed by atoms with van der Waals surface area (Å²) in [5, 5.41) is 1.03. The lowest BCUT2D eigenvalue weighted by molar-refractivity contribution is -0.118. The SMILES string of the molecule is COP(=O)(CC(=O)COc1ccc2c(ccn2C)c1)OC. The third kappa shape index (κ3) is 3.73. The van der Waals surface area contributed by atoms with Crippen LogP contribution in [0, 0.1) is 0 Å². The first kappa shape index (κ1) is 15.8. The highest BCUT2D eigenvalue weighted by molar-refractivity contribution is 7.54. The number of carbonyl (C=O) groups excluding carboxylic acids is 1. The third-order valence-electron chi connectivity index (χ3n) is 3.18. The molecule has 0 N–H and O–H groups in total. The van der Waals surface area contributed by atoms with Crippen molar-refractivity contribution in [1.29, 1.82) is 0 Å². The van der Waals surface area contributed by atoms with Gasteiger partial charge in [0.2, 0.25) is 0 Å². The Labute approximate surface area is 123 Å². The van der Waals surface area contributed by atoms with Crippen LogP contribution in [0.2, 0.25) is 0 Å². The molecule has 0 amide bonds. The maximum atomic E-state index is 11.8. The normalized spacial score (nSPS) is 11.8. The van der Waals surface area contributed by atoms with Crippen molar-refractivity contribution >= 4 is 24.3 Å². The minimum atomic E-state index is -3.33. The van der Waals surface area contributed by atoms with Gasteiger partial charge in [0.05, 0.1) is 0 Å². The second kappa shape index (κ2) is 6.43. The Hall–Kier alpha value is -1.62. The highest BCUT2D eigenvalue weighted by Gasteiger charge is 2.25. The Morgan fingerprint density at radius 2 is 1.95 bits per heavy atom. The van der Waals surface area contributed by atoms with E-state index in [9.17, 15) is 9.36 Å². The van der Waals surface area contributed by atoms with Crippen molar-refractivity contribution in [2.75, 3.05) is 27.0 Å². The second-order valence-electron chi connectivity index (χ2n) is 4.61. The first-order valence-corrected chi connectivity index (χ1v) is 8.10. The summed E-state index contributed by atoms with van der Waals surface area (Å²) in [4.78, 5) is 11.8. The van der Waals surface area contributed by atoms with Gasteiger partial charge in [0, 0.05) is 38.4 Å². The Balaban J connectivity index is 1.98. The van der Waals surface area contributed by atoms with Gasteiger partial charge in [-0.15, -0.1) is 0 Å². The Bertz CT molecular complexity index is 686. The molecule has 0 radical (unpaired) electrons. The monoisotopic (exact) mass is 311 g/mol. The summed E-state index contributed by atoms with van der Waals surface area (Å²) >= 11 is 0. The molecule has 6 nitrogen and oxygen atoms in total. The van der Waals surface area contributed by atoms with Gasteiger partial charge in [0.25, 0.3) is 0 Å². The van der Waals surface area contributed by atoms with E-state index in [4.69, 9.17) is 13.8 Å². The lowest BCUT2D eigenvalue weighted by atomic mass is 10.2. The maximum Gasteiger partial charge on any atom is 0.337 e. The van der Waals surface area contributed by atoms with Crippen LogP contribution < -0.4 is 4.74 Å².